The van der Waals surface area contributed by atoms with Crippen LogP contribution in [0.4, 0.5) is 0 Å². The first-order valence-electron chi connectivity index (χ1n) is 5.15. The second-order valence-electron chi connectivity index (χ2n) is 4.17. The number of aromatic nitrogens is 2. The maximum atomic E-state index is 5.88. The van der Waals surface area contributed by atoms with E-state index >= 15 is 0 Å². The third kappa shape index (κ3) is 1.81. The molecule has 0 aliphatic carbocycles. The summed E-state index contributed by atoms with van der Waals surface area (Å²) in [4.78, 5) is 2.42. The van der Waals surface area contributed by atoms with Gasteiger partial charge in [-0.1, -0.05) is 0 Å². The molecule has 0 aromatic carbocycles. The summed E-state index contributed by atoms with van der Waals surface area (Å²) in [5, 5.41) is 4.19. The van der Waals surface area contributed by atoms with Crippen molar-refractivity contribution < 1.29 is 0 Å². The highest BCUT2D eigenvalue weighted by atomic mass is 15.3. The van der Waals surface area contributed by atoms with Gasteiger partial charge in [-0.3, -0.25) is 9.58 Å². The van der Waals surface area contributed by atoms with Crippen LogP contribution >= 0.6 is 0 Å². The Morgan fingerprint density at radius 3 is 2.93 bits per heavy atom. The molecule has 14 heavy (non-hydrogen) atoms. The van der Waals surface area contributed by atoms with E-state index in [-0.39, 0.29) is 0 Å². The Labute approximate surface area is 84.7 Å². The van der Waals surface area contributed by atoms with Crippen LogP contribution in [0, 0.1) is 0 Å². The fourth-order valence-electron chi connectivity index (χ4n) is 2.03. The quantitative estimate of drug-likeness (QED) is 0.746. The lowest BCUT2D eigenvalue weighted by molar-refractivity contribution is 0.260. The molecule has 1 aliphatic rings. The zero-order valence-electron chi connectivity index (χ0n) is 8.85. The zero-order chi connectivity index (χ0) is 10.1. The van der Waals surface area contributed by atoms with Gasteiger partial charge in [0.05, 0.1) is 6.20 Å². The van der Waals surface area contributed by atoms with E-state index in [1.165, 1.54) is 5.56 Å². The van der Waals surface area contributed by atoms with Gasteiger partial charge in [-0.05, 0) is 13.3 Å². The van der Waals surface area contributed by atoms with Gasteiger partial charge in [0, 0.05) is 44.0 Å². The lowest BCUT2D eigenvalue weighted by Crippen LogP contribution is -2.28. The van der Waals surface area contributed by atoms with Gasteiger partial charge in [-0.25, -0.2) is 0 Å². The Morgan fingerprint density at radius 1 is 1.64 bits per heavy atom. The third-order valence-corrected chi connectivity index (χ3v) is 3.01. The first-order valence-corrected chi connectivity index (χ1v) is 5.15. The van der Waals surface area contributed by atoms with Crippen LogP contribution in [-0.4, -0.2) is 33.8 Å². The van der Waals surface area contributed by atoms with Crippen molar-refractivity contribution in [2.75, 3.05) is 13.1 Å². The molecule has 1 fully saturated rings. The highest BCUT2D eigenvalue weighted by Gasteiger charge is 2.24. The molecule has 2 rings (SSSR count). The molecule has 2 atom stereocenters. The van der Waals surface area contributed by atoms with Crippen LogP contribution in [0.25, 0.3) is 0 Å². The summed E-state index contributed by atoms with van der Waals surface area (Å²) in [5.74, 6) is 0. The predicted octanol–water partition coefficient (Wildman–Crippen LogP) is 0.514. The number of nitrogens with zero attached hydrogens (tertiary/aromatic N) is 3. The summed E-state index contributed by atoms with van der Waals surface area (Å²) < 4.78 is 1.85. The van der Waals surface area contributed by atoms with Crippen molar-refractivity contribution in [2.45, 2.75) is 25.4 Å². The Bertz CT molecular complexity index is 307. The Hall–Kier alpha value is -0.870. The van der Waals surface area contributed by atoms with Crippen molar-refractivity contribution in [3.8, 4) is 0 Å². The van der Waals surface area contributed by atoms with Gasteiger partial charge in [0.15, 0.2) is 0 Å². The third-order valence-electron chi connectivity index (χ3n) is 3.01. The molecule has 1 aromatic heterocycles. The van der Waals surface area contributed by atoms with Crippen molar-refractivity contribution in [3.63, 3.8) is 0 Å². The number of rotatable bonds is 2. The molecule has 4 heteroatoms. The average molecular weight is 194 g/mol. The molecule has 78 valence electrons. The van der Waals surface area contributed by atoms with E-state index in [9.17, 15) is 0 Å². The smallest absolute Gasteiger partial charge is 0.0537 e. The minimum absolute atomic E-state index is 0.356. The van der Waals surface area contributed by atoms with Gasteiger partial charge in [0.1, 0.15) is 0 Å². The maximum absolute atomic E-state index is 5.88. The average Bonchev–Trinajstić information content (AvgIpc) is 2.73. The molecule has 1 aromatic rings. The number of hydrogen-bond donors (Lipinski definition) is 1. The van der Waals surface area contributed by atoms with Gasteiger partial charge in [-0.2, -0.15) is 5.10 Å². The summed E-state index contributed by atoms with van der Waals surface area (Å²) in [5.41, 5.74) is 7.16. The molecule has 0 radical (unpaired) electrons. The molecule has 1 aliphatic heterocycles. The van der Waals surface area contributed by atoms with Crippen LogP contribution in [0.15, 0.2) is 12.4 Å². The zero-order valence-corrected chi connectivity index (χ0v) is 8.85. The molecular weight excluding hydrogens is 176 g/mol. The van der Waals surface area contributed by atoms with Crippen molar-refractivity contribution in [3.05, 3.63) is 18.0 Å². The van der Waals surface area contributed by atoms with Gasteiger partial charge in [-0.15, -0.1) is 0 Å². The van der Waals surface area contributed by atoms with Gasteiger partial charge in [0.25, 0.3) is 0 Å². The molecule has 2 heterocycles. The topological polar surface area (TPSA) is 47.1 Å². The van der Waals surface area contributed by atoms with E-state index in [1.807, 2.05) is 17.9 Å². The number of hydrogen-bond acceptors (Lipinski definition) is 3. The van der Waals surface area contributed by atoms with E-state index in [0.717, 1.165) is 19.5 Å². The second-order valence-corrected chi connectivity index (χ2v) is 4.17. The minimum Gasteiger partial charge on any atom is -0.326 e. The standard InChI is InChI=1S/C10H18N4/c1-8(9-5-12-13(2)6-9)14-4-3-10(11)7-14/h5-6,8,10H,3-4,7,11H2,1-2H3. The summed E-state index contributed by atoms with van der Waals surface area (Å²) in [6.45, 7) is 4.34. The molecule has 4 nitrogen and oxygen atoms in total. The van der Waals surface area contributed by atoms with Crippen molar-refractivity contribution in [2.24, 2.45) is 12.8 Å². The Morgan fingerprint density at radius 2 is 2.43 bits per heavy atom. The first-order chi connectivity index (χ1) is 6.66. The minimum atomic E-state index is 0.356. The number of likely N-dealkylation sites (tertiary alicyclic amines) is 1. The monoisotopic (exact) mass is 194 g/mol. The van der Waals surface area contributed by atoms with Gasteiger partial charge < -0.3 is 5.73 Å². The van der Waals surface area contributed by atoms with E-state index in [2.05, 4.69) is 23.1 Å². The predicted molar refractivity (Wildman–Crippen MR) is 55.8 cm³/mol. The van der Waals surface area contributed by atoms with E-state index in [0.29, 0.717) is 12.1 Å². The molecule has 0 spiro atoms. The van der Waals surface area contributed by atoms with Crippen LogP contribution < -0.4 is 5.73 Å². The molecule has 1 saturated heterocycles. The highest BCUT2D eigenvalue weighted by molar-refractivity contribution is 5.10. The lowest BCUT2D eigenvalue weighted by Gasteiger charge is -2.22. The van der Waals surface area contributed by atoms with Crippen molar-refractivity contribution in [1.82, 2.24) is 14.7 Å². The molecule has 0 bridgehead atoms. The Kier molecular flexibility index (Phi) is 2.56. The maximum Gasteiger partial charge on any atom is 0.0537 e. The first kappa shape index (κ1) is 9.68. The molecule has 2 N–H and O–H groups in total. The van der Waals surface area contributed by atoms with Crippen LogP contribution in [0.3, 0.4) is 0 Å². The fraction of sp³-hybridized carbons (Fsp3) is 0.700. The molecule has 2 unspecified atom stereocenters. The fourth-order valence-corrected chi connectivity index (χ4v) is 2.03. The summed E-state index contributed by atoms with van der Waals surface area (Å²) in [6, 6.07) is 0.798. The van der Waals surface area contributed by atoms with E-state index < -0.39 is 0 Å². The molecule has 0 saturated carbocycles. The highest BCUT2D eigenvalue weighted by Crippen LogP contribution is 2.23. The molecular formula is C10H18N4. The summed E-state index contributed by atoms with van der Waals surface area (Å²) in [6.07, 6.45) is 5.13. The SMILES string of the molecule is CC(c1cnn(C)c1)N1CCC(N)C1. The normalized spacial score (nSPS) is 25.5. The van der Waals surface area contributed by atoms with Gasteiger partial charge in [0.2, 0.25) is 0 Å². The second kappa shape index (κ2) is 3.71. The lowest BCUT2D eigenvalue weighted by atomic mass is 10.2. The summed E-state index contributed by atoms with van der Waals surface area (Å²) in [7, 11) is 1.95. The van der Waals surface area contributed by atoms with Gasteiger partial charge >= 0.3 is 0 Å². The van der Waals surface area contributed by atoms with Crippen LogP contribution in [0.5, 0.6) is 0 Å². The Balaban J connectivity index is 2.05. The van der Waals surface area contributed by atoms with Crippen molar-refractivity contribution in [1.29, 1.82) is 0 Å². The summed E-state index contributed by atoms with van der Waals surface area (Å²) >= 11 is 0. The van der Waals surface area contributed by atoms with Crippen LogP contribution in [-0.2, 0) is 7.05 Å². The van der Waals surface area contributed by atoms with Crippen LogP contribution in [0.2, 0.25) is 0 Å². The number of nitrogens with two attached hydrogens (primary N) is 1. The van der Waals surface area contributed by atoms with E-state index in [4.69, 9.17) is 5.73 Å². The van der Waals surface area contributed by atoms with Crippen LogP contribution in [0.1, 0.15) is 24.9 Å². The largest absolute Gasteiger partial charge is 0.326 e. The van der Waals surface area contributed by atoms with Crippen molar-refractivity contribution >= 4 is 0 Å². The van der Waals surface area contributed by atoms with E-state index in [1.54, 1.807) is 0 Å². The number of aryl methyl sites for hydroxylation is 1. The molecule has 0 amide bonds.